The second-order valence-corrected chi connectivity index (χ2v) is 3.95. The van der Waals surface area contributed by atoms with Crippen molar-refractivity contribution in [3.63, 3.8) is 0 Å². The molecule has 5 heteroatoms. The van der Waals surface area contributed by atoms with E-state index < -0.39 is 10.0 Å². The molecule has 0 radical (unpaired) electrons. The molecule has 4 nitrogen and oxygen atoms in total. The Morgan fingerprint density at radius 3 is 1.50 bits per heavy atom. The molecule has 1 rings (SSSR count). The van der Waals surface area contributed by atoms with Crippen molar-refractivity contribution in [3.05, 3.63) is 30.6 Å². The molecule has 0 atom stereocenters. The minimum absolute atomic E-state index is 1.10. The van der Waals surface area contributed by atoms with E-state index in [1.54, 1.807) is 12.4 Å². The minimum atomic E-state index is -2.91. The van der Waals surface area contributed by atoms with Crippen LogP contribution in [-0.2, 0) is 10.0 Å². The molecule has 0 saturated heterocycles. The number of hydrogen-bond acceptors (Lipinski definition) is 3. The van der Waals surface area contributed by atoms with Gasteiger partial charge in [0.1, 0.15) is 0 Å². The molecule has 82 valence electrons. The summed E-state index contributed by atoms with van der Waals surface area (Å²) in [5.74, 6) is 0. The summed E-state index contributed by atoms with van der Waals surface area (Å²) in [6, 6.07) is 5.72. The molecule has 1 aromatic rings. The fourth-order valence-corrected chi connectivity index (χ4v) is 0.313. The highest BCUT2D eigenvalue weighted by Crippen LogP contribution is 1.73. The van der Waals surface area contributed by atoms with E-state index in [-0.39, 0.29) is 0 Å². The van der Waals surface area contributed by atoms with E-state index in [0.29, 0.717) is 0 Å². The lowest BCUT2D eigenvalue weighted by atomic mass is 10.5. The Bertz CT molecular complexity index is 258. The van der Waals surface area contributed by atoms with E-state index >= 15 is 0 Å². The Morgan fingerprint density at radius 1 is 1.07 bits per heavy atom. The van der Waals surface area contributed by atoms with Crippen molar-refractivity contribution >= 4 is 10.0 Å². The average Bonchev–Trinajstić information content (AvgIpc) is 2.23. The second kappa shape index (κ2) is 10.1. The van der Waals surface area contributed by atoms with Crippen LogP contribution in [-0.4, -0.2) is 26.7 Å². The van der Waals surface area contributed by atoms with Crippen LogP contribution in [0, 0.1) is 0 Å². The molecule has 0 spiro atoms. The number of aromatic nitrogens is 1. The molecule has 1 heterocycles. The zero-order chi connectivity index (χ0) is 11.4. The van der Waals surface area contributed by atoms with Gasteiger partial charge in [0, 0.05) is 12.4 Å². The van der Waals surface area contributed by atoms with Gasteiger partial charge in [-0.25, -0.2) is 13.1 Å². The van der Waals surface area contributed by atoms with Gasteiger partial charge < -0.3 is 0 Å². The molecule has 0 aliphatic carbocycles. The van der Waals surface area contributed by atoms with E-state index in [2.05, 4.69) is 9.71 Å². The van der Waals surface area contributed by atoms with Crippen molar-refractivity contribution in [1.82, 2.24) is 9.71 Å². The molecular formula is C9H18N2O2S. The van der Waals surface area contributed by atoms with Gasteiger partial charge in [0.25, 0.3) is 0 Å². The van der Waals surface area contributed by atoms with Gasteiger partial charge in [-0.1, -0.05) is 19.9 Å². The fraction of sp³-hybridized carbons (Fsp3) is 0.444. The highest BCUT2D eigenvalue weighted by atomic mass is 32.2. The largest absolute Gasteiger partial charge is 0.265 e. The summed E-state index contributed by atoms with van der Waals surface area (Å²) < 4.78 is 21.9. The maximum atomic E-state index is 9.89. The lowest BCUT2D eigenvalue weighted by Crippen LogP contribution is -2.15. The number of hydrogen-bond donors (Lipinski definition) is 1. The molecule has 1 N–H and O–H groups in total. The van der Waals surface area contributed by atoms with Crippen molar-refractivity contribution < 1.29 is 8.42 Å². The topological polar surface area (TPSA) is 59.1 Å². The van der Waals surface area contributed by atoms with Crippen molar-refractivity contribution in [2.75, 3.05) is 13.3 Å². The van der Waals surface area contributed by atoms with Gasteiger partial charge in [-0.3, -0.25) is 4.98 Å². The minimum Gasteiger partial charge on any atom is -0.265 e. The number of pyridine rings is 1. The average molecular weight is 218 g/mol. The monoisotopic (exact) mass is 218 g/mol. The van der Waals surface area contributed by atoms with Crippen LogP contribution in [0.3, 0.4) is 0 Å². The summed E-state index contributed by atoms with van der Waals surface area (Å²) in [6.07, 6.45) is 4.60. The molecular weight excluding hydrogens is 200 g/mol. The predicted octanol–water partition coefficient (Wildman–Crippen LogP) is 1.27. The van der Waals surface area contributed by atoms with Crippen molar-refractivity contribution in [2.45, 2.75) is 13.8 Å². The summed E-state index contributed by atoms with van der Waals surface area (Å²) in [5, 5.41) is 0. The summed E-state index contributed by atoms with van der Waals surface area (Å²) in [7, 11) is -1.54. The molecule has 14 heavy (non-hydrogen) atoms. The zero-order valence-electron chi connectivity index (χ0n) is 9.06. The lowest BCUT2D eigenvalue weighted by Gasteiger charge is -1.85. The Labute approximate surface area is 86.4 Å². The van der Waals surface area contributed by atoms with Crippen LogP contribution in [0.4, 0.5) is 0 Å². The van der Waals surface area contributed by atoms with E-state index in [4.69, 9.17) is 0 Å². The van der Waals surface area contributed by atoms with Crippen LogP contribution in [0.1, 0.15) is 13.8 Å². The third-order valence-electron chi connectivity index (χ3n) is 0.937. The van der Waals surface area contributed by atoms with Crippen LogP contribution in [0.15, 0.2) is 30.6 Å². The molecule has 0 aromatic carbocycles. The highest BCUT2D eigenvalue weighted by molar-refractivity contribution is 7.88. The first-order valence-electron chi connectivity index (χ1n) is 4.30. The Balaban J connectivity index is 0. The van der Waals surface area contributed by atoms with Gasteiger partial charge in [-0.15, -0.1) is 0 Å². The van der Waals surface area contributed by atoms with Crippen molar-refractivity contribution in [1.29, 1.82) is 0 Å². The Morgan fingerprint density at radius 2 is 1.43 bits per heavy atom. The summed E-state index contributed by atoms with van der Waals surface area (Å²) >= 11 is 0. The highest BCUT2D eigenvalue weighted by Gasteiger charge is 1.88. The van der Waals surface area contributed by atoms with Crippen LogP contribution in [0.2, 0.25) is 0 Å². The molecule has 0 aliphatic heterocycles. The third-order valence-corrected chi connectivity index (χ3v) is 1.68. The first-order valence-corrected chi connectivity index (χ1v) is 6.19. The van der Waals surface area contributed by atoms with E-state index in [1.807, 2.05) is 32.0 Å². The van der Waals surface area contributed by atoms with Crippen molar-refractivity contribution in [2.24, 2.45) is 0 Å². The van der Waals surface area contributed by atoms with Crippen LogP contribution in [0.25, 0.3) is 0 Å². The van der Waals surface area contributed by atoms with Gasteiger partial charge in [0.05, 0.1) is 6.26 Å². The molecule has 0 saturated carbocycles. The molecule has 0 bridgehead atoms. The van der Waals surface area contributed by atoms with Crippen LogP contribution < -0.4 is 4.72 Å². The number of rotatable bonds is 1. The molecule has 1 aromatic heterocycles. The summed E-state index contributed by atoms with van der Waals surface area (Å²) in [5.41, 5.74) is 0. The van der Waals surface area contributed by atoms with Gasteiger partial charge in [0.2, 0.25) is 10.0 Å². The fourth-order valence-electron chi connectivity index (χ4n) is 0.313. The Kier molecular flexibility index (Phi) is 11.3. The predicted molar refractivity (Wildman–Crippen MR) is 59.5 cm³/mol. The normalized spacial score (nSPS) is 8.86. The van der Waals surface area contributed by atoms with Crippen LogP contribution in [0.5, 0.6) is 0 Å². The number of sulfonamides is 1. The molecule has 0 fully saturated rings. The second-order valence-electron chi connectivity index (χ2n) is 2.00. The van der Waals surface area contributed by atoms with E-state index in [9.17, 15) is 8.42 Å². The summed E-state index contributed by atoms with van der Waals surface area (Å²) in [6.45, 7) is 4.00. The van der Waals surface area contributed by atoms with Gasteiger partial charge >= 0.3 is 0 Å². The standard InChI is InChI=1S/C5H5N.C2H7NO2S.C2H6/c1-2-4-6-5-3-1;1-3-6(2,4)5;1-2/h1-5H;3H,1-2H3;1-2H3. The maximum absolute atomic E-state index is 9.89. The SMILES string of the molecule is CC.CNS(C)(=O)=O.c1ccncc1. The number of nitrogens with zero attached hydrogens (tertiary/aromatic N) is 1. The summed E-state index contributed by atoms with van der Waals surface area (Å²) in [4.78, 5) is 3.78. The number of nitrogens with one attached hydrogen (secondary N) is 1. The first kappa shape index (κ1) is 15.5. The molecule has 0 amide bonds. The lowest BCUT2D eigenvalue weighted by molar-refractivity contribution is 0.594. The van der Waals surface area contributed by atoms with E-state index in [1.165, 1.54) is 7.05 Å². The Hall–Kier alpha value is -0.940. The molecule has 0 aliphatic rings. The zero-order valence-corrected chi connectivity index (χ0v) is 9.88. The van der Waals surface area contributed by atoms with Crippen LogP contribution >= 0.6 is 0 Å². The first-order chi connectivity index (χ1) is 6.56. The quantitative estimate of drug-likeness (QED) is 0.772. The smallest absolute Gasteiger partial charge is 0.208 e. The van der Waals surface area contributed by atoms with Gasteiger partial charge in [-0.05, 0) is 19.2 Å². The molecule has 0 unspecified atom stereocenters. The van der Waals surface area contributed by atoms with Gasteiger partial charge in [-0.2, -0.15) is 0 Å². The van der Waals surface area contributed by atoms with Gasteiger partial charge in [0.15, 0.2) is 0 Å². The third kappa shape index (κ3) is 17.2. The maximum Gasteiger partial charge on any atom is 0.208 e. The van der Waals surface area contributed by atoms with Crippen molar-refractivity contribution in [3.8, 4) is 0 Å². The van der Waals surface area contributed by atoms with E-state index in [0.717, 1.165) is 6.26 Å².